The maximum atomic E-state index is 13.9. The van der Waals surface area contributed by atoms with Crippen LogP contribution in [0.1, 0.15) is 6.42 Å². The predicted molar refractivity (Wildman–Crippen MR) is 86.4 cm³/mol. The second-order valence-corrected chi connectivity index (χ2v) is 13.1. The average molecular weight is 631 g/mol. The lowest BCUT2D eigenvalue weighted by Gasteiger charge is -2.43. The van der Waals surface area contributed by atoms with Crippen molar-refractivity contribution in [2.75, 3.05) is 7.05 Å². The number of amides is 1. The minimum Gasteiger partial charge on any atom is -0.365 e. The minimum atomic E-state index is -8.77. The first kappa shape index (κ1) is 36.3. The van der Waals surface area contributed by atoms with Crippen LogP contribution in [0.5, 0.6) is 0 Å². The van der Waals surface area contributed by atoms with Crippen molar-refractivity contribution >= 4 is 14.1 Å². The van der Waals surface area contributed by atoms with Crippen LogP contribution in [0.3, 0.4) is 0 Å². The van der Waals surface area contributed by atoms with Crippen molar-refractivity contribution in [3.05, 3.63) is 0 Å². The van der Waals surface area contributed by atoms with Gasteiger partial charge in [-0.15, -0.1) is 0 Å². The SMILES string of the molecule is CN(C(=O)C(F)(F)F)[Si](C)(C)CCC(F)(F)C(F)(F)C(F)(F)C(F)(F)C(F)(F)C(F)(F)C(F)(F)C(F)(F)F. The normalized spacial score (nSPS) is 16.1. The van der Waals surface area contributed by atoms with Crippen molar-refractivity contribution in [2.24, 2.45) is 0 Å². The quantitative estimate of drug-likeness (QED) is 0.180. The molecule has 1 amide bonds. The van der Waals surface area contributed by atoms with E-state index < -0.39 is 80.4 Å². The molecule has 0 aliphatic heterocycles. The predicted octanol–water partition coefficient (Wildman–Crippen LogP) is 7.61. The van der Waals surface area contributed by atoms with Crippen LogP contribution in [0.25, 0.3) is 0 Å². The van der Waals surface area contributed by atoms with E-state index in [2.05, 4.69) is 0 Å². The molecular formula is C15H13F20NOSi. The Balaban J connectivity index is 6.49. The lowest BCUT2D eigenvalue weighted by atomic mass is 9.88. The van der Waals surface area contributed by atoms with E-state index in [4.69, 9.17) is 0 Å². The Morgan fingerprint density at radius 3 is 1.13 bits per heavy atom. The van der Waals surface area contributed by atoms with Gasteiger partial charge in [-0.3, -0.25) is 4.79 Å². The number of hydrogen-bond donors (Lipinski definition) is 0. The summed E-state index contributed by atoms with van der Waals surface area (Å²) in [6.45, 7) is 1.09. The number of nitrogens with zero attached hydrogens (tertiary/aromatic N) is 1. The van der Waals surface area contributed by atoms with Gasteiger partial charge in [0, 0.05) is 13.5 Å². The van der Waals surface area contributed by atoms with E-state index in [1.54, 1.807) is 0 Å². The van der Waals surface area contributed by atoms with Crippen LogP contribution in [0.15, 0.2) is 0 Å². The topological polar surface area (TPSA) is 20.3 Å². The Kier molecular flexibility index (Phi) is 9.02. The molecule has 0 fully saturated rings. The maximum absolute atomic E-state index is 13.9. The van der Waals surface area contributed by atoms with Gasteiger partial charge in [-0.1, -0.05) is 13.1 Å². The van der Waals surface area contributed by atoms with Crippen molar-refractivity contribution in [3.63, 3.8) is 0 Å². The number of carbonyl (C=O) groups is 1. The molecule has 0 atom stereocenters. The molecule has 0 bridgehead atoms. The highest BCUT2D eigenvalue weighted by Crippen LogP contribution is 2.64. The molecule has 228 valence electrons. The van der Waals surface area contributed by atoms with E-state index in [-0.39, 0.29) is 11.6 Å². The fourth-order valence-electron chi connectivity index (χ4n) is 2.45. The highest BCUT2D eigenvalue weighted by molar-refractivity contribution is 6.76. The monoisotopic (exact) mass is 631 g/mol. The smallest absolute Gasteiger partial charge is 0.365 e. The van der Waals surface area contributed by atoms with E-state index in [1.165, 1.54) is 0 Å². The lowest BCUT2D eigenvalue weighted by Crippen LogP contribution is -2.74. The molecule has 0 aromatic carbocycles. The largest absolute Gasteiger partial charge is 0.470 e. The fourth-order valence-corrected chi connectivity index (χ4v) is 4.39. The standard InChI is InChI=1S/C15H13F20NOSi/c1-36(6(37)8(18,19)20)38(2,3)5-4-7(16,17)9(21,22)10(23,24)11(25,26)12(27,28)13(29,30)14(31,32)15(33,34)35/h4-5H2,1-3H3. The summed E-state index contributed by atoms with van der Waals surface area (Å²) < 4.78 is 262. The summed E-state index contributed by atoms with van der Waals surface area (Å²) in [5, 5.41) is 0. The highest BCUT2D eigenvalue weighted by atomic mass is 28.3. The maximum Gasteiger partial charge on any atom is 0.470 e. The van der Waals surface area contributed by atoms with Crippen LogP contribution >= 0.6 is 0 Å². The Morgan fingerprint density at radius 2 is 0.842 bits per heavy atom. The zero-order chi connectivity index (χ0) is 31.6. The molecule has 0 saturated heterocycles. The van der Waals surface area contributed by atoms with Crippen molar-refractivity contribution in [1.29, 1.82) is 0 Å². The van der Waals surface area contributed by atoms with Crippen LogP contribution in [0.4, 0.5) is 87.8 Å². The Morgan fingerprint density at radius 1 is 0.553 bits per heavy atom. The second kappa shape index (κ2) is 9.44. The molecule has 38 heavy (non-hydrogen) atoms. The molecule has 0 spiro atoms. The Bertz CT molecular complexity index is 873. The van der Waals surface area contributed by atoms with Gasteiger partial charge in [0.05, 0.1) is 0 Å². The van der Waals surface area contributed by atoms with E-state index in [0.29, 0.717) is 13.1 Å². The van der Waals surface area contributed by atoms with Gasteiger partial charge in [-0.25, -0.2) is 0 Å². The van der Waals surface area contributed by atoms with E-state index in [0.717, 1.165) is 0 Å². The van der Waals surface area contributed by atoms with Gasteiger partial charge < -0.3 is 4.57 Å². The van der Waals surface area contributed by atoms with Crippen LogP contribution in [-0.2, 0) is 4.79 Å². The molecule has 0 radical (unpaired) electrons. The zero-order valence-corrected chi connectivity index (χ0v) is 19.3. The molecule has 2 nitrogen and oxygen atoms in total. The van der Waals surface area contributed by atoms with Crippen molar-refractivity contribution in [3.8, 4) is 0 Å². The molecule has 0 N–H and O–H groups in total. The van der Waals surface area contributed by atoms with Crippen molar-refractivity contribution < 1.29 is 92.6 Å². The van der Waals surface area contributed by atoms with Crippen LogP contribution in [0, 0.1) is 0 Å². The van der Waals surface area contributed by atoms with Crippen molar-refractivity contribution in [1.82, 2.24) is 4.57 Å². The third-order valence-electron chi connectivity index (χ3n) is 5.29. The summed E-state index contributed by atoms with van der Waals surface area (Å²) >= 11 is 0. The zero-order valence-electron chi connectivity index (χ0n) is 18.3. The van der Waals surface area contributed by atoms with E-state index in [9.17, 15) is 92.6 Å². The number of hydrogen-bond acceptors (Lipinski definition) is 1. The Hall–Kier alpha value is -1.71. The number of rotatable bonds is 10. The van der Waals surface area contributed by atoms with E-state index in [1.807, 2.05) is 0 Å². The number of carbonyl (C=O) groups excluding carboxylic acids is 1. The first-order valence-electron chi connectivity index (χ1n) is 9.09. The molecule has 0 aliphatic carbocycles. The summed E-state index contributed by atoms with van der Waals surface area (Å²) in [4.78, 5) is 11.2. The van der Waals surface area contributed by atoms with Gasteiger partial charge in [0.2, 0.25) is 0 Å². The summed E-state index contributed by atoms with van der Waals surface area (Å²) in [5.74, 6) is -60.3. The first-order chi connectivity index (χ1) is 16.0. The summed E-state index contributed by atoms with van der Waals surface area (Å²) in [6.07, 6.45) is -16.5. The molecule has 0 unspecified atom stereocenters. The molecule has 0 aromatic rings. The third-order valence-corrected chi connectivity index (χ3v) is 8.79. The van der Waals surface area contributed by atoms with Gasteiger partial charge in [0.25, 0.3) is 0 Å². The Labute approximate surface area is 199 Å². The van der Waals surface area contributed by atoms with Gasteiger partial charge in [0.1, 0.15) is 0 Å². The second-order valence-electron chi connectivity index (χ2n) is 8.32. The first-order valence-corrected chi connectivity index (χ1v) is 12.2. The molecular weight excluding hydrogens is 618 g/mol. The third kappa shape index (κ3) is 5.35. The number of halogens is 20. The molecule has 0 aliphatic rings. The number of alkyl halides is 20. The lowest BCUT2D eigenvalue weighted by molar-refractivity contribution is -0.461. The molecule has 0 rings (SSSR count). The van der Waals surface area contributed by atoms with E-state index >= 15 is 0 Å². The van der Waals surface area contributed by atoms with Crippen LogP contribution in [0.2, 0.25) is 19.1 Å². The molecule has 0 aromatic heterocycles. The minimum absolute atomic E-state index is 0.282. The summed E-state index contributed by atoms with van der Waals surface area (Å²) in [7, 11) is -4.08. The van der Waals surface area contributed by atoms with Crippen LogP contribution < -0.4 is 0 Å². The molecule has 0 heterocycles. The molecule has 23 heteroatoms. The fraction of sp³-hybridized carbons (Fsp3) is 0.933. The summed E-state index contributed by atoms with van der Waals surface area (Å²) in [5.41, 5.74) is 0. The summed E-state index contributed by atoms with van der Waals surface area (Å²) in [6, 6.07) is -1.80. The average Bonchev–Trinajstić information content (AvgIpc) is 2.68. The van der Waals surface area contributed by atoms with Gasteiger partial charge in [0.15, 0.2) is 8.24 Å². The highest BCUT2D eigenvalue weighted by Gasteiger charge is 2.95. The van der Waals surface area contributed by atoms with Gasteiger partial charge in [-0.2, -0.15) is 87.8 Å². The van der Waals surface area contributed by atoms with Gasteiger partial charge >= 0.3 is 59.7 Å². The van der Waals surface area contributed by atoms with Gasteiger partial charge in [-0.05, 0) is 6.04 Å². The van der Waals surface area contributed by atoms with Crippen molar-refractivity contribution in [2.45, 2.75) is 79.4 Å². The van der Waals surface area contributed by atoms with Crippen LogP contribution in [-0.4, -0.2) is 79.6 Å². The molecule has 0 saturated carbocycles.